The van der Waals surface area contributed by atoms with Crippen molar-refractivity contribution in [3.8, 4) is 0 Å². The van der Waals surface area contributed by atoms with Crippen LogP contribution >= 0.6 is 9.39 Å². The molecule has 2 nitrogen and oxygen atoms in total. The second kappa shape index (κ2) is 2.08. The van der Waals surface area contributed by atoms with Crippen molar-refractivity contribution in [2.24, 2.45) is 0 Å². The van der Waals surface area contributed by atoms with Gasteiger partial charge in [-0.25, -0.2) is 0 Å². The minimum absolute atomic E-state index is 0.484. The normalized spacial score (nSPS) is 32.6. The molecule has 0 aromatic carbocycles. The van der Waals surface area contributed by atoms with Gasteiger partial charge in [-0.15, -0.1) is 0 Å². The summed E-state index contributed by atoms with van der Waals surface area (Å²) in [6.45, 7) is 3.03. The van der Waals surface area contributed by atoms with Crippen LogP contribution in [0.4, 0.5) is 0 Å². The number of ether oxygens (including phenoxy) is 1. The minimum atomic E-state index is 0.484. The monoisotopic (exact) mass is 119 g/mol. The topological polar surface area (TPSA) is 24.6 Å². The summed E-state index contributed by atoms with van der Waals surface area (Å²) in [7, 11) is 2.47. The predicted octanol–water partition coefficient (Wildman–Crippen LogP) is 0.153. The van der Waals surface area contributed by atoms with E-state index in [2.05, 4.69) is 21.4 Å². The number of epoxide rings is 1. The third-order valence-corrected chi connectivity index (χ3v) is 1.71. The molecule has 0 spiro atoms. The van der Waals surface area contributed by atoms with E-state index < -0.39 is 0 Å². The summed E-state index contributed by atoms with van der Waals surface area (Å²) in [6, 6.07) is 0.505. The summed E-state index contributed by atoms with van der Waals surface area (Å²) >= 11 is 0. The van der Waals surface area contributed by atoms with Gasteiger partial charge in [-0.05, 0) is 6.92 Å². The molecule has 1 fully saturated rings. The standard InChI is InChI=1S/C4H10NOP/c1-3(5-7)4-2-6-4/h3-5H,2,7H2,1H3. The Hall–Kier alpha value is 0.350. The molecule has 3 atom stereocenters. The number of nitrogens with one attached hydrogen (secondary N) is 1. The lowest BCUT2D eigenvalue weighted by Gasteiger charge is -2.01. The van der Waals surface area contributed by atoms with Crippen molar-refractivity contribution < 1.29 is 4.74 Å². The first-order valence-electron chi connectivity index (χ1n) is 2.42. The molecule has 0 amide bonds. The molecule has 0 bridgehead atoms. The Kier molecular flexibility index (Phi) is 1.63. The van der Waals surface area contributed by atoms with Crippen LogP contribution in [0.15, 0.2) is 0 Å². The van der Waals surface area contributed by atoms with E-state index in [0.29, 0.717) is 12.1 Å². The van der Waals surface area contributed by atoms with Gasteiger partial charge >= 0.3 is 0 Å². The lowest BCUT2D eigenvalue weighted by Crippen LogP contribution is -2.21. The molecule has 1 saturated heterocycles. The van der Waals surface area contributed by atoms with Crippen molar-refractivity contribution in [3.05, 3.63) is 0 Å². The fourth-order valence-electron chi connectivity index (χ4n) is 0.452. The molecule has 0 saturated carbocycles. The molecule has 42 valence electrons. The highest BCUT2D eigenvalue weighted by Crippen LogP contribution is 2.13. The summed E-state index contributed by atoms with van der Waals surface area (Å²) < 4.78 is 4.99. The van der Waals surface area contributed by atoms with Gasteiger partial charge in [0, 0.05) is 6.04 Å². The third kappa shape index (κ3) is 1.37. The van der Waals surface area contributed by atoms with Crippen LogP contribution in [0.5, 0.6) is 0 Å². The molecule has 0 radical (unpaired) electrons. The molecule has 0 aromatic rings. The Bertz CT molecular complexity index is 64.7. The van der Waals surface area contributed by atoms with Crippen LogP contribution in [-0.4, -0.2) is 18.8 Å². The van der Waals surface area contributed by atoms with E-state index in [1.807, 2.05) is 0 Å². The van der Waals surface area contributed by atoms with E-state index in [4.69, 9.17) is 4.74 Å². The maximum absolute atomic E-state index is 4.99. The first-order chi connectivity index (χ1) is 3.34. The smallest absolute Gasteiger partial charge is 0.0962 e. The Balaban J connectivity index is 2.10. The highest BCUT2D eigenvalue weighted by atomic mass is 31.0. The quantitative estimate of drug-likeness (QED) is 0.413. The molecule has 1 N–H and O–H groups in total. The molecule has 7 heavy (non-hydrogen) atoms. The summed E-state index contributed by atoms with van der Waals surface area (Å²) in [4.78, 5) is 0. The van der Waals surface area contributed by atoms with E-state index in [9.17, 15) is 0 Å². The van der Waals surface area contributed by atoms with Gasteiger partial charge in [0.25, 0.3) is 0 Å². The summed E-state index contributed by atoms with van der Waals surface area (Å²) in [6.07, 6.45) is 0.484. The van der Waals surface area contributed by atoms with Gasteiger partial charge in [-0.1, -0.05) is 9.39 Å². The van der Waals surface area contributed by atoms with Crippen molar-refractivity contribution in [3.63, 3.8) is 0 Å². The zero-order valence-electron chi connectivity index (χ0n) is 4.35. The lowest BCUT2D eigenvalue weighted by molar-refractivity contribution is 0.374. The Labute approximate surface area is 45.9 Å². The zero-order valence-corrected chi connectivity index (χ0v) is 5.50. The molecule has 0 aromatic heterocycles. The third-order valence-electron chi connectivity index (χ3n) is 1.18. The molecule has 1 rings (SSSR count). The van der Waals surface area contributed by atoms with Crippen molar-refractivity contribution in [2.75, 3.05) is 6.61 Å². The Morgan fingerprint density at radius 2 is 2.57 bits per heavy atom. The van der Waals surface area contributed by atoms with Crippen LogP contribution in [0, 0.1) is 0 Å². The fraction of sp³-hybridized carbons (Fsp3) is 1.00. The number of hydrogen-bond donors (Lipinski definition) is 1. The largest absolute Gasteiger partial charge is 0.371 e. The Morgan fingerprint density at radius 3 is 2.71 bits per heavy atom. The van der Waals surface area contributed by atoms with E-state index in [1.165, 1.54) is 0 Å². The van der Waals surface area contributed by atoms with Crippen molar-refractivity contribution >= 4 is 9.39 Å². The molecule has 3 unspecified atom stereocenters. The van der Waals surface area contributed by atoms with E-state index in [1.54, 1.807) is 0 Å². The second-order valence-electron chi connectivity index (χ2n) is 1.83. The summed E-state index contributed by atoms with van der Waals surface area (Å²) in [5.74, 6) is 0. The van der Waals surface area contributed by atoms with Crippen molar-refractivity contribution in [1.82, 2.24) is 5.09 Å². The van der Waals surface area contributed by atoms with Crippen LogP contribution in [0.3, 0.4) is 0 Å². The van der Waals surface area contributed by atoms with Gasteiger partial charge in [-0.3, -0.25) is 5.09 Å². The lowest BCUT2D eigenvalue weighted by atomic mass is 10.3. The average Bonchev–Trinajstić information content (AvgIpc) is 2.44. The highest BCUT2D eigenvalue weighted by Gasteiger charge is 2.27. The maximum atomic E-state index is 4.99. The van der Waals surface area contributed by atoms with Crippen LogP contribution in [0.2, 0.25) is 0 Å². The van der Waals surface area contributed by atoms with Gasteiger partial charge in [-0.2, -0.15) is 0 Å². The molecule has 1 aliphatic heterocycles. The highest BCUT2D eigenvalue weighted by molar-refractivity contribution is 7.13. The van der Waals surface area contributed by atoms with Gasteiger partial charge in [0.15, 0.2) is 0 Å². The fourth-order valence-corrected chi connectivity index (χ4v) is 0.666. The Morgan fingerprint density at radius 1 is 2.00 bits per heavy atom. The summed E-state index contributed by atoms with van der Waals surface area (Å²) in [5.41, 5.74) is 0. The van der Waals surface area contributed by atoms with Crippen LogP contribution < -0.4 is 5.09 Å². The first kappa shape index (κ1) is 5.49. The number of hydrogen-bond acceptors (Lipinski definition) is 2. The average molecular weight is 119 g/mol. The number of rotatable bonds is 2. The second-order valence-corrected chi connectivity index (χ2v) is 2.16. The molecule has 1 aliphatic rings. The van der Waals surface area contributed by atoms with Gasteiger partial charge in [0.05, 0.1) is 12.7 Å². The van der Waals surface area contributed by atoms with Crippen molar-refractivity contribution in [2.45, 2.75) is 19.1 Å². The van der Waals surface area contributed by atoms with Gasteiger partial charge in [0.1, 0.15) is 0 Å². The minimum Gasteiger partial charge on any atom is -0.371 e. The molecular formula is C4H10NOP. The van der Waals surface area contributed by atoms with E-state index in [-0.39, 0.29) is 0 Å². The van der Waals surface area contributed by atoms with E-state index in [0.717, 1.165) is 6.61 Å². The molecule has 0 aliphatic carbocycles. The zero-order chi connectivity index (χ0) is 5.28. The molecule has 1 heterocycles. The predicted molar refractivity (Wildman–Crippen MR) is 32.0 cm³/mol. The first-order valence-corrected chi connectivity index (χ1v) is 3.00. The summed E-state index contributed by atoms with van der Waals surface area (Å²) in [5, 5.41) is 3.02. The van der Waals surface area contributed by atoms with Gasteiger partial charge in [0.2, 0.25) is 0 Å². The van der Waals surface area contributed by atoms with Crippen molar-refractivity contribution in [1.29, 1.82) is 0 Å². The van der Waals surface area contributed by atoms with Crippen LogP contribution in [0.1, 0.15) is 6.92 Å². The SMILES string of the molecule is CC(NP)C1CO1. The van der Waals surface area contributed by atoms with Crippen LogP contribution in [0.25, 0.3) is 0 Å². The van der Waals surface area contributed by atoms with Crippen LogP contribution in [-0.2, 0) is 4.74 Å². The molecule has 3 heteroatoms. The molecular weight excluding hydrogens is 109 g/mol. The maximum Gasteiger partial charge on any atom is 0.0962 e. The van der Waals surface area contributed by atoms with Gasteiger partial charge < -0.3 is 4.74 Å². The van der Waals surface area contributed by atoms with E-state index >= 15 is 0 Å².